The van der Waals surface area contributed by atoms with Crippen molar-refractivity contribution >= 4 is 28.2 Å². The molecule has 0 bridgehead atoms. The van der Waals surface area contributed by atoms with Gasteiger partial charge in [-0.25, -0.2) is 9.59 Å². The Morgan fingerprint density at radius 2 is 1.90 bits per heavy atom. The van der Waals surface area contributed by atoms with E-state index in [0.29, 0.717) is 11.8 Å². The number of hydrogen-bond donors (Lipinski definition) is 1. The van der Waals surface area contributed by atoms with E-state index in [-0.39, 0.29) is 5.75 Å². The smallest absolute Gasteiger partial charge is 0.358 e. The van der Waals surface area contributed by atoms with Gasteiger partial charge in [0.2, 0.25) is 0 Å². The van der Waals surface area contributed by atoms with Gasteiger partial charge in [-0.05, 0) is 18.6 Å². The molecule has 104 valence electrons. The van der Waals surface area contributed by atoms with E-state index < -0.39 is 32.4 Å². The van der Waals surface area contributed by atoms with Crippen molar-refractivity contribution < 1.29 is 27.9 Å². The summed E-state index contributed by atoms with van der Waals surface area (Å²) in [6, 6.07) is 6.44. The maximum atomic E-state index is 11.9. The fourth-order valence-electron chi connectivity index (χ4n) is 1.56. The number of aliphatic carboxylic acids is 1. The van der Waals surface area contributed by atoms with Gasteiger partial charge in [-0.2, -0.15) is 12.8 Å². The lowest BCUT2D eigenvalue weighted by molar-refractivity contribution is -0.133. The maximum Gasteiger partial charge on any atom is 0.358 e. The average molecular weight is 295 g/mol. The number of para-hydroxylation sites is 1. The molecule has 0 saturated heterocycles. The largest absolute Gasteiger partial charge is 0.478 e. The Morgan fingerprint density at radius 3 is 2.50 bits per heavy atom. The number of sulfonamides is 1. The molecule has 0 aliphatic carbocycles. The van der Waals surface area contributed by atoms with Gasteiger partial charge in [-0.1, -0.05) is 18.2 Å². The van der Waals surface area contributed by atoms with Crippen molar-refractivity contribution in [2.45, 2.75) is 6.92 Å². The minimum absolute atomic E-state index is 0.150. The Bertz CT molecular complexity index is 760. The molecule has 1 aliphatic heterocycles. The first-order valence-corrected chi connectivity index (χ1v) is 6.82. The predicted octanol–water partition coefficient (Wildman–Crippen LogP) is 0.653. The van der Waals surface area contributed by atoms with Crippen molar-refractivity contribution in [3.05, 3.63) is 40.3 Å². The SMILES string of the molecule is Cc1ccccc1OC(=O)C1=C(C(=O)O)C=NS1(=O)=O. The van der Waals surface area contributed by atoms with Crippen LogP contribution >= 0.6 is 0 Å². The molecule has 1 aliphatic rings. The van der Waals surface area contributed by atoms with Crippen LogP contribution in [0.15, 0.2) is 39.1 Å². The van der Waals surface area contributed by atoms with Gasteiger partial charge >= 0.3 is 11.9 Å². The van der Waals surface area contributed by atoms with Crippen LogP contribution in [0.4, 0.5) is 0 Å². The molecule has 0 spiro atoms. The van der Waals surface area contributed by atoms with E-state index in [1.807, 2.05) is 0 Å². The highest BCUT2D eigenvalue weighted by molar-refractivity contribution is 7.95. The lowest BCUT2D eigenvalue weighted by Crippen LogP contribution is -2.19. The topological polar surface area (TPSA) is 110 Å². The summed E-state index contributed by atoms with van der Waals surface area (Å²) in [4.78, 5) is 21.8. The number of hydrogen-bond acceptors (Lipinski definition) is 5. The van der Waals surface area contributed by atoms with Crippen molar-refractivity contribution in [1.29, 1.82) is 0 Å². The van der Waals surface area contributed by atoms with Crippen LogP contribution < -0.4 is 4.74 Å². The molecule has 7 nitrogen and oxygen atoms in total. The van der Waals surface area contributed by atoms with Crippen molar-refractivity contribution in [1.82, 2.24) is 0 Å². The number of aryl methyl sites for hydroxylation is 1. The summed E-state index contributed by atoms with van der Waals surface area (Å²) in [5.41, 5.74) is -0.0989. The third kappa shape index (κ3) is 2.45. The van der Waals surface area contributed by atoms with Crippen LogP contribution in [0.5, 0.6) is 5.75 Å². The van der Waals surface area contributed by atoms with E-state index >= 15 is 0 Å². The summed E-state index contributed by atoms with van der Waals surface area (Å²) in [6.07, 6.45) is 0.617. The number of benzene rings is 1. The summed E-state index contributed by atoms with van der Waals surface area (Å²) >= 11 is 0. The second-order valence-corrected chi connectivity index (χ2v) is 5.48. The van der Waals surface area contributed by atoms with Crippen LogP contribution in [0.3, 0.4) is 0 Å². The highest BCUT2D eigenvalue weighted by atomic mass is 32.2. The normalized spacial score (nSPS) is 16.2. The van der Waals surface area contributed by atoms with E-state index in [2.05, 4.69) is 4.40 Å². The van der Waals surface area contributed by atoms with Gasteiger partial charge in [-0.15, -0.1) is 0 Å². The first kappa shape index (κ1) is 13.9. The van der Waals surface area contributed by atoms with Crippen molar-refractivity contribution in [2.75, 3.05) is 0 Å². The van der Waals surface area contributed by atoms with E-state index in [9.17, 15) is 18.0 Å². The van der Waals surface area contributed by atoms with E-state index in [4.69, 9.17) is 9.84 Å². The third-order valence-electron chi connectivity index (χ3n) is 2.54. The highest BCUT2D eigenvalue weighted by Gasteiger charge is 2.37. The molecule has 1 N–H and O–H groups in total. The molecule has 1 aromatic carbocycles. The Kier molecular flexibility index (Phi) is 3.41. The summed E-state index contributed by atoms with van der Waals surface area (Å²) in [7, 11) is -4.32. The van der Waals surface area contributed by atoms with Gasteiger partial charge in [0.15, 0.2) is 4.91 Å². The molecular formula is C12H9NO6S. The van der Waals surface area contributed by atoms with Crippen molar-refractivity contribution in [3.8, 4) is 5.75 Å². The van der Waals surface area contributed by atoms with Gasteiger partial charge < -0.3 is 9.84 Å². The Balaban J connectivity index is 2.41. The molecule has 0 atom stereocenters. The molecule has 1 aromatic rings. The van der Waals surface area contributed by atoms with Gasteiger partial charge in [-0.3, -0.25) is 0 Å². The second-order valence-electron chi connectivity index (χ2n) is 3.91. The molecule has 0 amide bonds. The van der Waals surface area contributed by atoms with Gasteiger partial charge in [0.05, 0.1) is 6.21 Å². The number of carboxylic acids is 1. The lowest BCUT2D eigenvalue weighted by Gasteiger charge is -2.07. The van der Waals surface area contributed by atoms with Gasteiger partial charge in [0.1, 0.15) is 11.3 Å². The molecule has 0 unspecified atom stereocenters. The molecule has 8 heteroatoms. The van der Waals surface area contributed by atoms with Crippen LogP contribution in [0.25, 0.3) is 0 Å². The zero-order valence-electron chi connectivity index (χ0n) is 10.2. The van der Waals surface area contributed by atoms with Crippen LogP contribution in [0.1, 0.15) is 5.56 Å². The number of esters is 1. The monoisotopic (exact) mass is 295 g/mol. The molecule has 0 fully saturated rings. The van der Waals surface area contributed by atoms with Crippen molar-refractivity contribution in [3.63, 3.8) is 0 Å². The van der Waals surface area contributed by atoms with Gasteiger partial charge in [0, 0.05) is 0 Å². The summed E-state index contributed by atoms with van der Waals surface area (Å²) in [6.45, 7) is 1.66. The van der Waals surface area contributed by atoms with Crippen LogP contribution in [0.2, 0.25) is 0 Å². The van der Waals surface area contributed by atoms with Crippen LogP contribution in [-0.4, -0.2) is 31.7 Å². The van der Waals surface area contributed by atoms with E-state index in [0.717, 1.165) is 0 Å². The molecule has 1 heterocycles. The van der Waals surface area contributed by atoms with E-state index in [1.165, 1.54) is 6.07 Å². The maximum absolute atomic E-state index is 11.9. The first-order valence-electron chi connectivity index (χ1n) is 5.38. The number of carbonyl (C=O) groups excluding carboxylic acids is 1. The fraction of sp³-hybridized carbons (Fsp3) is 0.0833. The lowest BCUT2D eigenvalue weighted by atomic mass is 10.2. The van der Waals surface area contributed by atoms with Crippen LogP contribution in [0, 0.1) is 6.92 Å². The number of carboxylic acid groups (broad SMARTS) is 1. The summed E-state index contributed by atoms with van der Waals surface area (Å²) in [5.74, 6) is -2.68. The molecular weight excluding hydrogens is 286 g/mol. The number of ether oxygens (including phenoxy) is 1. The molecule has 0 aromatic heterocycles. The minimum atomic E-state index is -4.32. The molecule has 0 radical (unpaired) electrons. The number of carbonyl (C=O) groups is 2. The van der Waals surface area contributed by atoms with E-state index in [1.54, 1.807) is 25.1 Å². The van der Waals surface area contributed by atoms with Gasteiger partial charge in [0.25, 0.3) is 10.0 Å². The zero-order valence-corrected chi connectivity index (χ0v) is 11.0. The zero-order chi connectivity index (χ0) is 14.9. The Morgan fingerprint density at radius 1 is 1.25 bits per heavy atom. The molecule has 20 heavy (non-hydrogen) atoms. The summed E-state index contributed by atoms with van der Waals surface area (Å²) in [5, 5.41) is 8.86. The minimum Gasteiger partial charge on any atom is -0.478 e. The molecule has 2 rings (SSSR count). The Hall–Kier alpha value is -2.48. The third-order valence-corrected chi connectivity index (χ3v) is 3.82. The predicted molar refractivity (Wildman–Crippen MR) is 68.9 cm³/mol. The average Bonchev–Trinajstić information content (AvgIpc) is 2.68. The molecule has 0 saturated carbocycles. The Labute approximate surface area is 114 Å². The number of nitrogens with zero attached hydrogens (tertiary/aromatic N) is 1. The highest BCUT2D eigenvalue weighted by Crippen LogP contribution is 2.24. The number of rotatable bonds is 3. The fourth-order valence-corrected chi connectivity index (χ4v) is 2.58. The van der Waals surface area contributed by atoms with Crippen LogP contribution in [-0.2, 0) is 19.6 Å². The quantitative estimate of drug-likeness (QED) is 0.647. The van der Waals surface area contributed by atoms with Crippen molar-refractivity contribution in [2.24, 2.45) is 4.40 Å². The summed E-state index contributed by atoms with van der Waals surface area (Å²) < 4.78 is 31.1. The second kappa shape index (κ2) is 4.89. The first-order chi connectivity index (χ1) is 9.33. The standard InChI is InChI=1S/C12H9NO6S/c1-7-4-2-3-5-9(7)19-12(16)10-8(11(14)15)6-13-20(10,17)18/h2-6H,1H3,(H,14,15).